The molecular formula is C12H15N3O2. The van der Waals surface area contributed by atoms with Gasteiger partial charge in [0.05, 0.1) is 0 Å². The summed E-state index contributed by atoms with van der Waals surface area (Å²) >= 11 is 0. The highest BCUT2D eigenvalue weighted by Crippen LogP contribution is 2.20. The highest BCUT2D eigenvalue weighted by molar-refractivity contribution is 5.88. The molecule has 0 saturated carbocycles. The molecule has 0 aliphatic carbocycles. The van der Waals surface area contributed by atoms with E-state index < -0.39 is 5.97 Å². The monoisotopic (exact) mass is 233 g/mol. The van der Waals surface area contributed by atoms with Crippen molar-refractivity contribution >= 4 is 17.1 Å². The maximum absolute atomic E-state index is 10.9. The summed E-state index contributed by atoms with van der Waals surface area (Å²) in [4.78, 5) is 19.5. The smallest absolute Gasteiger partial charge is 0.354 e. The summed E-state index contributed by atoms with van der Waals surface area (Å²) in [5.74, 6) is -0.0773. The Morgan fingerprint density at radius 2 is 2.12 bits per heavy atom. The molecule has 2 aromatic heterocycles. The van der Waals surface area contributed by atoms with Crippen LogP contribution in [0.3, 0.4) is 0 Å². The lowest BCUT2D eigenvalue weighted by Crippen LogP contribution is -2.08. The van der Waals surface area contributed by atoms with Gasteiger partial charge in [-0.15, -0.1) is 0 Å². The molecule has 0 aliphatic heterocycles. The van der Waals surface area contributed by atoms with E-state index in [-0.39, 0.29) is 11.7 Å². The van der Waals surface area contributed by atoms with E-state index in [0.29, 0.717) is 5.65 Å². The zero-order valence-electron chi connectivity index (χ0n) is 10.1. The molecule has 0 fully saturated rings. The molecule has 0 bridgehead atoms. The van der Waals surface area contributed by atoms with Crippen LogP contribution in [0.1, 0.15) is 43.1 Å². The number of hydrogen-bond acceptors (Lipinski definition) is 3. The molecule has 0 saturated heterocycles. The van der Waals surface area contributed by atoms with Crippen molar-refractivity contribution < 1.29 is 9.90 Å². The number of carboxylic acids is 1. The van der Waals surface area contributed by atoms with Crippen molar-refractivity contribution in [2.24, 2.45) is 0 Å². The van der Waals surface area contributed by atoms with Crippen molar-refractivity contribution in [3.05, 3.63) is 23.7 Å². The van der Waals surface area contributed by atoms with Crippen LogP contribution in [0.4, 0.5) is 0 Å². The van der Waals surface area contributed by atoms with E-state index in [2.05, 4.69) is 9.97 Å². The molecule has 2 rings (SSSR count). The molecule has 0 aliphatic rings. The first-order valence-corrected chi connectivity index (χ1v) is 5.65. The van der Waals surface area contributed by atoms with E-state index >= 15 is 0 Å². The Balaban J connectivity index is 2.73. The minimum Gasteiger partial charge on any atom is -0.477 e. The molecule has 5 heteroatoms. The number of aromatic carboxylic acids is 1. The number of aryl methyl sites for hydroxylation is 1. The summed E-state index contributed by atoms with van der Waals surface area (Å²) in [5, 5.41) is 8.95. The molecule has 2 heterocycles. The summed E-state index contributed by atoms with van der Waals surface area (Å²) in [7, 11) is 0. The molecule has 17 heavy (non-hydrogen) atoms. The topological polar surface area (TPSA) is 68.0 Å². The number of hydrogen-bond donors (Lipinski definition) is 1. The molecule has 0 atom stereocenters. The zero-order chi connectivity index (χ0) is 12.6. The summed E-state index contributed by atoms with van der Waals surface area (Å²) < 4.78 is 1.99. The maximum Gasteiger partial charge on any atom is 0.354 e. The molecule has 5 nitrogen and oxygen atoms in total. The average molecular weight is 233 g/mol. The van der Waals surface area contributed by atoms with E-state index in [1.54, 1.807) is 6.07 Å². The highest BCUT2D eigenvalue weighted by Gasteiger charge is 2.15. The number of carbonyl (C=O) groups is 1. The van der Waals surface area contributed by atoms with Gasteiger partial charge in [-0.25, -0.2) is 14.8 Å². The van der Waals surface area contributed by atoms with Crippen LogP contribution in [0.15, 0.2) is 12.1 Å². The van der Waals surface area contributed by atoms with Gasteiger partial charge < -0.3 is 9.67 Å². The van der Waals surface area contributed by atoms with Gasteiger partial charge in [0.2, 0.25) is 0 Å². The predicted molar refractivity (Wildman–Crippen MR) is 64.3 cm³/mol. The summed E-state index contributed by atoms with van der Waals surface area (Å²) in [5.41, 5.74) is 1.46. The van der Waals surface area contributed by atoms with E-state index in [1.807, 2.05) is 25.3 Å². The fourth-order valence-electron chi connectivity index (χ4n) is 1.93. The van der Waals surface area contributed by atoms with Crippen LogP contribution in [-0.2, 0) is 6.42 Å². The predicted octanol–water partition coefficient (Wildman–Crippen LogP) is 2.27. The largest absolute Gasteiger partial charge is 0.477 e. The van der Waals surface area contributed by atoms with Gasteiger partial charge in [-0.3, -0.25) is 0 Å². The normalized spacial score (nSPS) is 11.3. The SMILES string of the molecule is CCc1nc2ccc(C(=O)O)nc2n1C(C)C. The second-order valence-corrected chi connectivity index (χ2v) is 4.19. The zero-order valence-corrected chi connectivity index (χ0v) is 10.1. The lowest BCUT2D eigenvalue weighted by Gasteiger charge is -2.11. The first kappa shape index (κ1) is 11.6. The quantitative estimate of drug-likeness (QED) is 0.883. The number of aromatic nitrogens is 3. The van der Waals surface area contributed by atoms with Crippen LogP contribution < -0.4 is 0 Å². The molecule has 0 spiro atoms. The molecule has 0 amide bonds. The van der Waals surface area contributed by atoms with Gasteiger partial charge in [0.1, 0.15) is 11.3 Å². The Morgan fingerprint density at radius 3 is 2.65 bits per heavy atom. The second kappa shape index (κ2) is 4.16. The van der Waals surface area contributed by atoms with Gasteiger partial charge in [-0.1, -0.05) is 6.92 Å². The van der Waals surface area contributed by atoms with Gasteiger partial charge >= 0.3 is 5.97 Å². The van der Waals surface area contributed by atoms with Crippen molar-refractivity contribution in [2.75, 3.05) is 0 Å². The van der Waals surface area contributed by atoms with Crippen molar-refractivity contribution in [1.29, 1.82) is 0 Å². The average Bonchev–Trinajstić information content (AvgIpc) is 2.65. The molecule has 2 aromatic rings. The second-order valence-electron chi connectivity index (χ2n) is 4.19. The van der Waals surface area contributed by atoms with Crippen LogP contribution >= 0.6 is 0 Å². The molecule has 0 radical (unpaired) electrons. The van der Waals surface area contributed by atoms with Crippen LogP contribution in [0, 0.1) is 0 Å². The van der Waals surface area contributed by atoms with E-state index in [9.17, 15) is 4.79 Å². The Bertz CT molecular complexity index is 572. The van der Waals surface area contributed by atoms with Crippen molar-refractivity contribution in [3.8, 4) is 0 Å². The van der Waals surface area contributed by atoms with Crippen molar-refractivity contribution in [2.45, 2.75) is 33.2 Å². The minimum atomic E-state index is -1.01. The van der Waals surface area contributed by atoms with Gasteiger partial charge in [-0.05, 0) is 26.0 Å². The lowest BCUT2D eigenvalue weighted by atomic mass is 10.3. The number of imidazole rings is 1. The maximum atomic E-state index is 10.9. The Hall–Kier alpha value is -1.91. The fourth-order valence-corrected chi connectivity index (χ4v) is 1.93. The third-order valence-corrected chi connectivity index (χ3v) is 2.66. The van der Waals surface area contributed by atoms with Crippen LogP contribution in [0.2, 0.25) is 0 Å². The molecule has 0 aromatic carbocycles. The van der Waals surface area contributed by atoms with Gasteiger partial charge in [0.15, 0.2) is 11.3 Å². The standard InChI is InChI=1S/C12H15N3O2/c1-4-10-13-8-5-6-9(12(16)17)14-11(8)15(10)7(2)3/h5-7H,4H2,1-3H3,(H,16,17). The van der Waals surface area contributed by atoms with E-state index in [1.165, 1.54) is 6.07 Å². The molecule has 1 N–H and O–H groups in total. The van der Waals surface area contributed by atoms with E-state index in [4.69, 9.17) is 5.11 Å². The summed E-state index contributed by atoms with van der Waals surface area (Å²) in [6, 6.07) is 3.41. The van der Waals surface area contributed by atoms with Gasteiger partial charge in [0, 0.05) is 12.5 Å². The van der Waals surface area contributed by atoms with Gasteiger partial charge in [0.25, 0.3) is 0 Å². The van der Waals surface area contributed by atoms with Crippen molar-refractivity contribution in [1.82, 2.24) is 14.5 Å². The number of rotatable bonds is 3. The fraction of sp³-hybridized carbons (Fsp3) is 0.417. The van der Waals surface area contributed by atoms with Crippen molar-refractivity contribution in [3.63, 3.8) is 0 Å². The minimum absolute atomic E-state index is 0.0574. The number of fused-ring (bicyclic) bond motifs is 1. The third kappa shape index (κ3) is 1.88. The molecule has 0 unspecified atom stereocenters. The Morgan fingerprint density at radius 1 is 1.41 bits per heavy atom. The Labute approximate surface area is 99.1 Å². The van der Waals surface area contributed by atoms with Crippen LogP contribution in [0.5, 0.6) is 0 Å². The summed E-state index contributed by atoms with van der Waals surface area (Å²) in [6.45, 7) is 6.10. The highest BCUT2D eigenvalue weighted by atomic mass is 16.4. The first-order valence-electron chi connectivity index (χ1n) is 5.65. The third-order valence-electron chi connectivity index (χ3n) is 2.66. The Kier molecular flexibility index (Phi) is 2.83. The van der Waals surface area contributed by atoms with Gasteiger partial charge in [-0.2, -0.15) is 0 Å². The molecular weight excluding hydrogens is 218 g/mol. The lowest BCUT2D eigenvalue weighted by molar-refractivity contribution is 0.0691. The summed E-state index contributed by atoms with van der Waals surface area (Å²) in [6.07, 6.45) is 0.803. The van der Waals surface area contributed by atoms with Crippen LogP contribution in [0.25, 0.3) is 11.2 Å². The molecule has 90 valence electrons. The van der Waals surface area contributed by atoms with Crippen LogP contribution in [-0.4, -0.2) is 25.6 Å². The number of pyridine rings is 1. The first-order chi connectivity index (χ1) is 8.04. The number of carboxylic acid groups (broad SMARTS) is 1. The number of nitrogens with zero attached hydrogens (tertiary/aromatic N) is 3. The van der Waals surface area contributed by atoms with E-state index in [0.717, 1.165) is 17.8 Å².